The fourth-order valence-electron chi connectivity index (χ4n) is 1.71. The molecule has 0 aliphatic carbocycles. The fourth-order valence-corrected chi connectivity index (χ4v) is 2.33. The van der Waals surface area contributed by atoms with E-state index in [0.29, 0.717) is 16.9 Å². The molecule has 9 heteroatoms. The van der Waals surface area contributed by atoms with Gasteiger partial charge in [-0.1, -0.05) is 0 Å². The number of hydrogen-bond donors (Lipinski definition) is 4. The SMILES string of the molecule is NNc1nc(Nc2ccc(F)cc2I)c2cn[nH]c2n1. The third-order valence-electron chi connectivity index (χ3n) is 2.62. The van der Waals surface area contributed by atoms with Crippen molar-refractivity contribution in [3.05, 3.63) is 33.8 Å². The molecular formula is C11H9FIN7. The Balaban J connectivity index is 2.07. The number of H-pyrrole nitrogens is 1. The summed E-state index contributed by atoms with van der Waals surface area (Å²) < 4.78 is 13.8. The van der Waals surface area contributed by atoms with Crippen molar-refractivity contribution >= 4 is 51.1 Å². The normalized spacial score (nSPS) is 10.8. The molecule has 0 unspecified atom stereocenters. The van der Waals surface area contributed by atoms with Crippen molar-refractivity contribution in [2.75, 3.05) is 10.7 Å². The first-order chi connectivity index (χ1) is 9.67. The largest absolute Gasteiger partial charge is 0.339 e. The molecule has 0 spiro atoms. The average molecular weight is 385 g/mol. The molecule has 20 heavy (non-hydrogen) atoms. The highest BCUT2D eigenvalue weighted by Crippen LogP contribution is 2.26. The van der Waals surface area contributed by atoms with Gasteiger partial charge in [-0.25, -0.2) is 10.2 Å². The third-order valence-corrected chi connectivity index (χ3v) is 3.52. The van der Waals surface area contributed by atoms with Gasteiger partial charge in [0, 0.05) is 3.57 Å². The Morgan fingerprint density at radius 3 is 2.90 bits per heavy atom. The van der Waals surface area contributed by atoms with E-state index >= 15 is 0 Å². The van der Waals surface area contributed by atoms with E-state index in [1.165, 1.54) is 12.1 Å². The number of aromatic nitrogens is 4. The zero-order chi connectivity index (χ0) is 14.1. The summed E-state index contributed by atoms with van der Waals surface area (Å²) in [5.41, 5.74) is 3.67. The van der Waals surface area contributed by atoms with Gasteiger partial charge >= 0.3 is 0 Å². The lowest BCUT2D eigenvalue weighted by Crippen LogP contribution is -2.11. The lowest BCUT2D eigenvalue weighted by atomic mass is 10.3. The number of nitrogens with one attached hydrogen (secondary N) is 3. The van der Waals surface area contributed by atoms with Crippen molar-refractivity contribution in [3.63, 3.8) is 0 Å². The van der Waals surface area contributed by atoms with Gasteiger partial charge in [-0.15, -0.1) is 0 Å². The topological polar surface area (TPSA) is 105 Å². The predicted octanol–water partition coefficient (Wildman–Crippen LogP) is 2.13. The van der Waals surface area contributed by atoms with Gasteiger partial charge in [-0.05, 0) is 40.8 Å². The maximum atomic E-state index is 13.1. The van der Waals surface area contributed by atoms with Crippen molar-refractivity contribution < 1.29 is 4.39 Å². The van der Waals surface area contributed by atoms with Gasteiger partial charge in [-0.3, -0.25) is 10.5 Å². The standard InChI is InChI=1S/C11H9FIN7/c12-5-1-2-8(7(13)3-5)16-9-6-4-15-20-10(6)18-11(17-9)19-14/h1-4H,14H2,(H3,15,16,17,18,19,20). The number of rotatable bonds is 3. The van der Waals surface area contributed by atoms with E-state index in [4.69, 9.17) is 5.84 Å². The number of halogens is 2. The zero-order valence-corrected chi connectivity index (χ0v) is 12.1. The van der Waals surface area contributed by atoms with E-state index in [9.17, 15) is 4.39 Å². The van der Waals surface area contributed by atoms with Gasteiger partial charge in [-0.2, -0.15) is 15.1 Å². The van der Waals surface area contributed by atoms with E-state index in [1.54, 1.807) is 12.3 Å². The molecule has 2 heterocycles. The molecule has 102 valence electrons. The number of hydrazine groups is 1. The predicted molar refractivity (Wildman–Crippen MR) is 81.9 cm³/mol. The van der Waals surface area contributed by atoms with Gasteiger partial charge in [0.05, 0.1) is 17.3 Å². The van der Waals surface area contributed by atoms with Crippen molar-refractivity contribution in [3.8, 4) is 0 Å². The summed E-state index contributed by atoms with van der Waals surface area (Å²) in [5, 5.41) is 10.5. The van der Waals surface area contributed by atoms with Crippen molar-refractivity contribution in [2.45, 2.75) is 0 Å². The minimum Gasteiger partial charge on any atom is -0.339 e. The van der Waals surface area contributed by atoms with Crippen LogP contribution in [0.5, 0.6) is 0 Å². The van der Waals surface area contributed by atoms with E-state index in [1.807, 2.05) is 22.6 Å². The summed E-state index contributed by atoms with van der Waals surface area (Å²) in [7, 11) is 0. The molecule has 0 aliphatic heterocycles. The Kier molecular flexibility index (Phi) is 3.36. The molecule has 0 radical (unpaired) electrons. The summed E-state index contributed by atoms with van der Waals surface area (Å²) in [5.74, 6) is 5.82. The molecule has 0 fully saturated rings. The van der Waals surface area contributed by atoms with Crippen LogP contribution in [0.3, 0.4) is 0 Å². The summed E-state index contributed by atoms with van der Waals surface area (Å²) in [6.07, 6.45) is 1.61. The Morgan fingerprint density at radius 2 is 2.15 bits per heavy atom. The van der Waals surface area contributed by atoms with Crippen LogP contribution in [0.1, 0.15) is 0 Å². The molecule has 0 saturated heterocycles. The monoisotopic (exact) mass is 385 g/mol. The van der Waals surface area contributed by atoms with Crippen LogP contribution in [0, 0.1) is 9.39 Å². The number of aromatic amines is 1. The van der Waals surface area contributed by atoms with Crippen molar-refractivity contribution in [2.24, 2.45) is 5.84 Å². The molecular weight excluding hydrogens is 376 g/mol. The van der Waals surface area contributed by atoms with Crippen LogP contribution in [0.25, 0.3) is 11.0 Å². The van der Waals surface area contributed by atoms with Crippen LogP contribution in [0.4, 0.5) is 21.8 Å². The van der Waals surface area contributed by atoms with Gasteiger partial charge in [0.2, 0.25) is 5.95 Å². The maximum absolute atomic E-state index is 13.1. The summed E-state index contributed by atoms with van der Waals surface area (Å²) in [4.78, 5) is 8.36. The number of hydrogen-bond acceptors (Lipinski definition) is 6. The zero-order valence-electron chi connectivity index (χ0n) is 9.98. The Labute approximate surface area is 126 Å². The van der Waals surface area contributed by atoms with Gasteiger partial charge in [0.1, 0.15) is 11.6 Å². The second-order valence-corrected chi connectivity index (χ2v) is 5.08. The van der Waals surface area contributed by atoms with E-state index in [-0.39, 0.29) is 11.8 Å². The molecule has 0 bridgehead atoms. The van der Waals surface area contributed by atoms with Crippen molar-refractivity contribution in [1.29, 1.82) is 0 Å². The molecule has 7 nitrogen and oxygen atoms in total. The molecule has 3 aromatic rings. The molecule has 0 atom stereocenters. The van der Waals surface area contributed by atoms with Gasteiger partial charge in [0.25, 0.3) is 0 Å². The summed E-state index contributed by atoms with van der Waals surface area (Å²) in [6, 6.07) is 4.44. The molecule has 1 aromatic carbocycles. The molecule has 5 N–H and O–H groups in total. The van der Waals surface area contributed by atoms with E-state index < -0.39 is 0 Å². The van der Waals surface area contributed by atoms with E-state index in [2.05, 4.69) is 30.9 Å². The second-order valence-electron chi connectivity index (χ2n) is 3.92. The highest BCUT2D eigenvalue weighted by atomic mass is 127. The maximum Gasteiger partial charge on any atom is 0.241 e. The molecule has 2 aromatic heterocycles. The second kappa shape index (κ2) is 5.17. The lowest BCUT2D eigenvalue weighted by Gasteiger charge is -2.09. The highest BCUT2D eigenvalue weighted by molar-refractivity contribution is 14.1. The van der Waals surface area contributed by atoms with Gasteiger partial charge < -0.3 is 5.32 Å². The number of anilines is 3. The number of nitrogen functional groups attached to an aromatic ring is 1. The van der Waals surface area contributed by atoms with Crippen LogP contribution >= 0.6 is 22.6 Å². The third kappa shape index (κ3) is 2.36. The van der Waals surface area contributed by atoms with Crippen LogP contribution in [0.15, 0.2) is 24.4 Å². The molecule has 0 saturated carbocycles. The van der Waals surface area contributed by atoms with Crippen LogP contribution < -0.4 is 16.6 Å². The smallest absolute Gasteiger partial charge is 0.241 e. The minimum absolute atomic E-state index is 0.251. The first-order valence-corrected chi connectivity index (χ1v) is 6.65. The van der Waals surface area contributed by atoms with Crippen LogP contribution in [0.2, 0.25) is 0 Å². The number of nitrogens with two attached hydrogens (primary N) is 1. The average Bonchev–Trinajstić information content (AvgIpc) is 2.90. The van der Waals surface area contributed by atoms with Crippen molar-refractivity contribution in [1.82, 2.24) is 20.2 Å². The Bertz CT molecular complexity index is 773. The van der Waals surface area contributed by atoms with Crippen LogP contribution in [-0.4, -0.2) is 20.2 Å². The molecule has 0 aliphatic rings. The summed E-state index contributed by atoms with van der Waals surface area (Å²) in [6.45, 7) is 0. The Hall–Kier alpha value is -2.01. The molecule has 0 amide bonds. The number of nitrogens with zero attached hydrogens (tertiary/aromatic N) is 3. The summed E-state index contributed by atoms with van der Waals surface area (Å²) >= 11 is 2.04. The Morgan fingerprint density at radius 1 is 1.30 bits per heavy atom. The minimum atomic E-state index is -0.291. The molecule has 3 rings (SSSR count). The fraction of sp³-hybridized carbons (Fsp3) is 0. The lowest BCUT2D eigenvalue weighted by molar-refractivity contribution is 0.627. The first-order valence-electron chi connectivity index (χ1n) is 5.57. The number of benzene rings is 1. The van der Waals surface area contributed by atoms with E-state index in [0.717, 1.165) is 9.26 Å². The first kappa shape index (κ1) is 13.0. The van der Waals surface area contributed by atoms with Gasteiger partial charge in [0.15, 0.2) is 5.65 Å². The quantitative estimate of drug-likeness (QED) is 0.313. The van der Waals surface area contributed by atoms with Crippen LogP contribution in [-0.2, 0) is 0 Å². The highest BCUT2D eigenvalue weighted by Gasteiger charge is 2.10. The number of fused-ring (bicyclic) bond motifs is 1.